The molecule has 0 saturated heterocycles. The number of rotatable bonds is 2. The molecule has 2 rings (SSSR count). The van der Waals surface area contributed by atoms with Crippen LogP contribution in [-0.4, -0.2) is 13.1 Å². The number of halogens is 1. The fourth-order valence-electron chi connectivity index (χ4n) is 1.85. The molecule has 0 aliphatic carbocycles. The molecule has 0 spiro atoms. The third-order valence-corrected chi connectivity index (χ3v) is 3.52. The van der Waals surface area contributed by atoms with Crippen molar-refractivity contribution in [3.05, 3.63) is 58.6 Å². The highest BCUT2D eigenvalue weighted by Crippen LogP contribution is 2.22. The van der Waals surface area contributed by atoms with Gasteiger partial charge in [0.1, 0.15) is 6.07 Å². The van der Waals surface area contributed by atoms with Crippen molar-refractivity contribution < 1.29 is 4.79 Å². The predicted octanol–water partition coefficient (Wildman–Crippen LogP) is 4.19. The monoisotopic (exact) mass is 299 g/mol. The van der Waals surface area contributed by atoms with Crippen molar-refractivity contribution in [3.63, 3.8) is 0 Å². The average Bonchev–Trinajstić information content (AvgIpc) is 2.50. The highest BCUT2D eigenvalue weighted by molar-refractivity contribution is 6.31. The second kappa shape index (κ2) is 6.29. The van der Waals surface area contributed by atoms with Gasteiger partial charge in [0.25, 0.3) is 0 Å². The van der Waals surface area contributed by atoms with Gasteiger partial charge in [0.2, 0.25) is 0 Å². The number of para-hydroxylation sites is 1. The molecule has 0 heterocycles. The Labute approximate surface area is 128 Å². The minimum Gasteiger partial charge on any atom is -0.307 e. The van der Waals surface area contributed by atoms with E-state index in [2.05, 4.69) is 11.4 Å². The van der Waals surface area contributed by atoms with Gasteiger partial charge < -0.3 is 5.32 Å². The average molecular weight is 300 g/mol. The van der Waals surface area contributed by atoms with Gasteiger partial charge in [0, 0.05) is 17.8 Å². The molecule has 1 N–H and O–H groups in total. The second-order valence-electron chi connectivity index (χ2n) is 4.58. The molecule has 4 nitrogen and oxygen atoms in total. The number of aryl methyl sites for hydroxylation is 1. The molecule has 0 atom stereocenters. The lowest BCUT2D eigenvalue weighted by atomic mass is 10.2. The molecule has 2 aromatic carbocycles. The number of nitrogens with zero attached hydrogens (tertiary/aromatic N) is 2. The normalized spacial score (nSPS) is 9.81. The molecule has 21 heavy (non-hydrogen) atoms. The van der Waals surface area contributed by atoms with Gasteiger partial charge in [-0.3, -0.25) is 4.90 Å². The SMILES string of the molecule is Cc1ccc(NC(=O)N(C)c2ccccc2C#N)cc1Cl. The van der Waals surface area contributed by atoms with Crippen molar-refractivity contribution in [3.8, 4) is 6.07 Å². The zero-order valence-corrected chi connectivity index (χ0v) is 12.5. The van der Waals surface area contributed by atoms with E-state index in [1.165, 1.54) is 4.90 Å². The number of amides is 2. The minimum atomic E-state index is -0.336. The van der Waals surface area contributed by atoms with Crippen LogP contribution >= 0.6 is 11.6 Å². The van der Waals surface area contributed by atoms with Gasteiger partial charge in [-0.15, -0.1) is 0 Å². The number of carbonyl (C=O) groups excluding carboxylic acids is 1. The van der Waals surface area contributed by atoms with Gasteiger partial charge >= 0.3 is 6.03 Å². The van der Waals surface area contributed by atoms with Crippen LogP contribution < -0.4 is 10.2 Å². The Balaban J connectivity index is 2.20. The molecule has 0 bridgehead atoms. The molecule has 2 aromatic rings. The van der Waals surface area contributed by atoms with Crippen LogP contribution in [0.25, 0.3) is 0 Å². The lowest BCUT2D eigenvalue weighted by molar-refractivity contribution is 0.258. The fraction of sp³-hybridized carbons (Fsp3) is 0.125. The Kier molecular flexibility index (Phi) is 4.46. The molecule has 0 fully saturated rings. The van der Waals surface area contributed by atoms with Crippen LogP contribution in [0.3, 0.4) is 0 Å². The summed E-state index contributed by atoms with van der Waals surface area (Å²) in [5.41, 5.74) is 2.54. The molecule has 5 heteroatoms. The third-order valence-electron chi connectivity index (χ3n) is 3.11. The van der Waals surface area contributed by atoms with Crippen molar-refractivity contribution >= 4 is 29.0 Å². The zero-order chi connectivity index (χ0) is 15.4. The lowest BCUT2D eigenvalue weighted by Crippen LogP contribution is -2.31. The van der Waals surface area contributed by atoms with Gasteiger partial charge in [-0.05, 0) is 36.8 Å². The van der Waals surface area contributed by atoms with Crippen molar-refractivity contribution in [2.24, 2.45) is 0 Å². The zero-order valence-electron chi connectivity index (χ0n) is 11.7. The van der Waals surface area contributed by atoms with Crippen LogP contribution in [0.1, 0.15) is 11.1 Å². The Hall–Kier alpha value is -2.51. The summed E-state index contributed by atoms with van der Waals surface area (Å²) in [6.45, 7) is 1.89. The second-order valence-corrected chi connectivity index (χ2v) is 4.99. The number of urea groups is 1. The molecule has 0 saturated carbocycles. The van der Waals surface area contributed by atoms with E-state index in [0.29, 0.717) is 22.0 Å². The highest BCUT2D eigenvalue weighted by Gasteiger charge is 2.14. The van der Waals surface area contributed by atoms with E-state index in [0.717, 1.165) is 5.56 Å². The number of nitrogens with one attached hydrogen (secondary N) is 1. The van der Waals surface area contributed by atoms with Crippen LogP contribution in [-0.2, 0) is 0 Å². The van der Waals surface area contributed by atoms with Crippen LogP contribution in [0.15, 0.2) is 42.5 Å². The predicted molar refractivity (Wildman–Crippen MR) is 84.8 cm³/mol. The maximum atomic E-state index is 12.2. The van der Waals surface area contributed by atoms with E-state index in [9.17, 15) is 4.79 Å². The summed E-state index contributed by atoms with van der Waals surface area (Å²) in [7, 11) is 1.61. The van der Waals surface area contributed by atoms with Crippen molar-refractivity contribution in [1.82, 2.24) is 0 Å². The molecule has 0 radical (unpaired) electrons. The molecule has 2 amide bonds. The van der Waals surface area contributed by atoms with Gasteiger partial charge in [-0.25, -0.2) is 4.79 Å². The Morgan fingerprint density at radius 3 is 2.67 bits per heavy atom. The molecule has 0 aliphatic heterocycles. The first-order valence-corrected chi connectivity index (χ1v) is 6.70. The van der Waals surface area contributed by atoms with Gasteiger partial charge in [0.15, 0.2) is 0 Å². The first kappa shape index (κ1) is 14.9. The maximum absolute atomic E-state index is 12.2. The number of hydrogen-bond donors (Lipinski definition) is 1. The first-order valence-electron chi connectivity index (χ1n) is 6.33. The largest absolute Gasteiger partial charge is 0.326 e. The van der Waals surface area contributed by atoms with E-state index >= 15 is 0 Å². The molecule has 0 aromatic heterocycles. The van der Waals surface area contributed by atoms with Crippen molar-refractivity contribution in [2.45, 2.75) is 6.92 Å². The van der Waals surface area contributed by atoms with E-state index in [1.54, 1.807) is 43.4 Å². The summed E-state index contributed by atoms with van der Waals surface area (Å²) in [4.78, 5) is 13.6. The quantitative estimate of drug-likeness (QED) is 0.904. The van der Waals surface area contributed by atoms with Crippen LogP contribution in [0, 0.1) is 18.3 Å². The van der Waals surface area contributed by atoms with Gasteiger partial charge in [0.05, 0.1) is 11.3 Å². The Bertz CT molecular complexity index is 722. The number of nitriles is 1. The number of hydrogen-bond acceptors (Lipinski definition) is 2. The van der Waals surface area contributed by atoms with E-state index in [-0.39, 0.29) is 6.03 Å². The standard InChI is InChI=1S/C16H14ClN3O/c1-11-7-8-13(9-14(11)17)19-16(21)20(2)15-6-4-3-5-12(15)10-18/h3-9H,1-2H3,(H,19,21). The van der Waals surface area contributed by atoms with Crippen LogP contribution in [0.2, 0.25) is 5.02 Å². The van der Waals surface area contributed by atoms with E-state index < -0.39 is 0 Å². The minimum absolute atomic E-state index is 0.336. The molecule has 0 aliphatic rings. The summed E-state index contributed by atoms with van der Waals surface area (Å²) < 4.78 is 0. The first-order chi connectivity index (χ1) is 10.0. The Morgan fingerprint density at radius 2 is 2.00 bits per heavy atom. The lowest BCUT2D eigenvalue weighted by Gasteiger charge is -2.19. The third kappa shape index (κ3) is 3.33. The highest BCUT2D eigenvalue weighted by atomic mass is 35.5. The summed E-state index contributed by atoms with van der Waals surface area (Å²) in [6.07, 6.45) is 0. The van der Waals surface area contributed by atoms with Crippen LogP contribution in [0.5, 0.6) is 0 Å². The number of benzene rings is 2. The van der Waals surface area contributed by atoms with E-state index in [1.807, 2.05) is 13.0 Å². The van der Waals surface area contributed by atoms with Gasteiger partial charge in [-0.2, -0.15) is 5.26 Å². The molecule has 0 unspecified atom stereocenters. The van der Waals surface area contributed by atoms with Crippen LogP contribution in [0.4, 0.5) is 16.2 Å². The maximum Gasteiger partial charge on any atom is 0.326 e. The smallest absolute Gasteiger partial charge is 0.307 e. The summed E-state index contributed by atoms with van der Waals surface area (Å²) >= 11 is 6.03. The fourth-order valence-corrected chi connectivity index (χ4v) is 2.03. The summed E-state index contributed by atoms with van der Waals surface area (Å²) in [6, 6.07) is 14.0. The Morgan fingerprint density at radius 1 is 1.29 bits per heavy atom. The number of carbonyl (C=O) groups is 1. The molecular weight excluding hydrogens is 286 g/mol. The molecular formula is C16H14ClN3O. The van der Waals surface area contributed by atoms with Gasteiger partial charge in [-0.1, -0.05) is 29.8 Å². The molecule has 106 valence electrons. The summed E-state index contributed by atoms with van der Waals surface area (Å²) in [5, 5.41) is 12.4. The van der Waals surface area contributed by atoms with Crippen molar-refractivity contribution in [1.29, 1.82) is 5.26 Å². The topological polar surface area (TPSA) is 56.1 Å². The van der Waals surface area contributed by atoms with Crippen molar-refractivity contribution in [2.75, 3.05) is 17.3 Å². The van der Waals surface area contributed by atoms with E-state index in [4.69, 9.17) is 16.9 Å². The summed E-state index contributed by atoms with van der Waals surface area (Å²) in [5.74, 6) is 0. The number of anilines is 2.